The van der Waals surface area contributed by atoms with Gasteiger partial charge in [0.25, 0.3) is 0 Å². The van der Waals surface area contributed by atoms with E-state index in [4.69, 9.17) is 0 Å². The van der Waals surface area contributed by atoms with Crippen molar-refractivity contribution in [3.63, 3.8) is 0 Å². The molecule has 0 radical (unpaired) electrons. The third kappa shape index (κ3) is 53.9. The molecule has 0 heterocycles. The Balaban J connectivity index is 3.56. The fraction of sp³-hybridized carbons (Fsp3) is 0.889. The van der Waals surface area contributed by atoms with Crippen LogP contribution in [0.1, 0.15) is 335 Å². The molecular formula is C63H121NO4. The van der Waals surface area contributed by atoms with E-state index < -0.39 is 18.2 Å². The lowest BCUT2D eigenvalue weighted by atomic mass is 10.0. The molecule has 0 bridgehead atoms. The standard InChI is InChI=1S/C63H121NO4/c1-3-5-7-9-11-13-15-17-19-21-23-25-27-28-29-30-31-32-33-35-36-38-40-42-44-46-48-50-52-54-56-60(66)58-63(68)64-61(59-65)62(67)57-55-53-51-49-47-45-43-41-39-37-34-26-24-22-20-18-16-14-12-10-8-6-4-2/h39,41,47,49,55,57,60-62,65-67H,3-38,40,42-46,48,50-54,56,58-59H2,1-2H3,(H,64,68)/b41-39+,49-47+,57-55+. The Morgan fingerprint density at radius 2 is 0.632 bits per heavy atom. The molecule has 0 aromatic carbocycles. The van der Waals surface area contributed by atoms with Crippen LogP contribution in [0.3, 0.4) is 0 Å². The van der Waals surface area contributed by atoms with E-state index in [1.165, 1.54) is 270 Å². The number of hydrogen-bond donors (Lipinski definition) is 4. The fourth-order valence-electron chi connectivity index (χ4n) is 9.73. The van der Waals surface area contributed by atoms with Gasteiger partial charge in [0.15, 0.2) is 0 Å². The van der Waals surface area contributed by atoms with Crippen molar-refractivity contribution >= 4 is 5.91 Å². The maximum absolute atomic E-state index is 12.5. The lowest BCUT2D eigenvalue weighted by Gasteiger charge is -2.21. The number of aliphatic hydroxyl groups is 3. The summed E-state index contributed by atoms with van der Waals surface area (Å²) in [7, 11) is 0. The van der Waals surface area contributed by atoms with Gasteiger partial charge in [-0.15, -0.1) is 0 Å². The molecule has 0 spiro atoms. The van der Waals surface area contributed by atoms with E-state index in [0.717, 1.165) is 38.5 Å². The first-order valence-corrected chi connectivity index (χ1v) is 30.8. The van der Waals surface area contributed by atoms with E-state index in [1.807, 2.05) is 6.08 Å². The summed E-state index contributed by atoms with van der Waals surface area (Å²) in [6.45, 7) is 4.24. The zero-order chi connectivity index (χ0) is 49.3. The fourth-order valence-corrected chi connectivity index (χ4v) is 9.73. The number of rotatable bonds is 57. The Bertz CT molecular complexity index is 1060. The highest BCUT2D eigenvalue weighted by molar-refractivity contribution is 5.76. The number of nitrogens with one attached hydrogen (secondary N) is 1. The number of aliphatic hydroxyl groups excluding tert-OH is 3. The van der Waals surface area contributed by atoms with Crippen LogP contribution in [-0.2, 0) is 4.79 Å². The maximum Gasteiger partial charge on any atom is 0.222 e. The smallest absolute Gasteiger partial charge is 0.222 e. The summed E-state index contributed by atoms with van der Waals surface area (Å²) in [6, 6.07) is -0.767. The molecule has 0 aliphatic carbocycles. The van der Waals surface area contributed by atoms with E-state index in [2.05, 4.69) is 43.5 Å². The van der Waals surface area contributed by atoms with Crippen molar-refractivity contribution in [3.05, 3.63) is 36.5 Å². The van der Waals surface area contributed by atoms with Crippen molar-refractivity contribution in [1.29, 1.82) is 0 Å². The highest BCUT2D eigenvalue weighted by Crippen LogP contribution is 2.18. The SMILES string of the molecule is CCCCCCCCCCCCCCC/C=C/CC/C=C/CC/C=C/C(O)C(CO)NC(=O)CC(O)CCCCCCCCCCCCCCCCCCCCCCCCCCCCCCCC. The molecule has 68 heavy (non-hydrogen) atoms. The van der Waals surface area contributed by atoms with Crippen molar-refractivity contribution < 1.29 is 20.1 Å². The largest absolute Gasteiger partial charge is 0.394 e. The zero-order valence-electron chi connectivity index (χ0n) is 46.0. The van der Waals surface area contributed by atoms with Crippen LogP contribution in [-0.4, -0.2) is 46.1 Å². The first-order chi connectivity index (χ1) is 33.5. The van der Waals surface area contributed by atoms with Gasteiger partial charge in [0, 0.05) is 0 Å². The maximum atomic E-state index is 12.5. The lowest BCUT2D eigenvalue weighted by Crippen LogP contribution is -2.45. The average molecular weight is 957 g/mol. The lowest BCUT2D eigenvalue weighted by molar-refractivity contribution is -0.124. The molecule has 5 nitrogen and oxygen atoms in total. The summed E-state index contributed by atoms with van der Waals surface area (Å²) in [5.41, 5.74) is 0. The van der Waals surface area contributed by atoms with Gasteiger partial charge >= 0.3 is 0 Å². The van der Waals surface area contributed by atoms with Gasteiger partial charge in [-0.1, -0.05) is 320 Å². The van der Waals surface area contributed by atoms with Crippen molar-refractivity contribution in [3.8, 4) is 0 Å². The third-order valence-electron chi connectivity index (χ3n) is 14.4. The van der Waals surface area contributed by atoms with Gasteiger partial charge in [-0.05, 0) is 44.9 Å². The van der Waals surface area contributed by atoms with Crippen molar-refractivity contribution in [2.45, 2.75) is 353 Å². The topological polar surface area (TPSA) is 89.8 Å². The minimum atomic E-state index is -0.960. The first-order valence-electron chi connectivity index (χ1n) is 30.8. The van der Waals surface area contributed by atoms with Gasteiger partial charge in [0.1, 0.15) is 0 Å². The van der Waals surface area contributed by atoms with Crippen LogP contribution in [0.5, 0.6) is 0 Å². The summed E-state index contributed by atoms with van der Waals surface area (Å²) in [5.74, 6) is -0.323. The minimum Gasteiger partial charge on any atom is -0.394 e. The Morgan fingerprint density at radius 1 is 0.368 bits per heavy atom. The van der Waals surface area contributed by atoms with Crippen LogP contribution >= 0.6 is 0 Å². The van der Waals surface area contributed by atoms with Crippen molar-refractivity contribution in [2.75, 3.05) is 6.61 Å². The predicted octanol–water partition coefficient (Wildman–Crippen LogP) is 19.4. The van der Waals surface area contributed by atoms with E-state index in [9.17, 15) is 20.1 Å². The Kier molecular flexibility index (Phi) is 56.9. The summed E-state index contributed by atoms with van der Waals surface area (Å²) in [5, 5.41) is 33.5. The van der Waals surface area contributed by atoms with Crippen molar-refractivity contribution in [2.24, 2.45) is 0 Å². The number of unbranched alkanes of at least 4 members (excludes halogenated alkanes) is 44. The number of carbonyl (C=O) groups excluding carboxylic acids is 1. The number of carbonyl (C=O) groups is 1. The second-order valence-electron chi connectivity index (χ2n) is 21.3. The van der Waals surface area contributed by atoms with Crippen molar-refractivity contribution in [1.82, 2.24) is 5.32 Å². The summed E-state index contributed by atoms with van der Waals surface area (Å²) in [6.07, 6.45) is 76.5. The van der Waals surface area contributed by atoms with Crippen LogP contribution in [0.2, 0.25) is 0 Å². The van der Waals surface area contributed by atoms with Crippen LogP contribution in [0.4, 0.5) is 0 Å². The number of amides is 1. The molecule has 0 saturated heterocycles. The van der Waals surface area contributed by atoms with E-state index in [0.29, 0.717) is 6.42 Å². The van der Waals surface area contributed by atoms with Gasteiger partial charge in [-0.3, -0.25) is 4.79 Å². The molecule has 0 saturated carbocycles. The van der Waals surface area contributed by atoms with Gasteiger partial charge in [0.2, 0.25) is 5.91 Å². The molecule has 0 rings (SSSR count). The second-order valence-corrected chi connectivity index (χ2v) is 21.3. The summed E-state index contributed by atoms with van der Waals surface area (Å²) < 4.78 is 0. The summed E-state index contributed by atoms with van der Waals surface area (Å²) >= 11 is 0. The summed E-state index contributed by atoms with van der Waals surface area (Å²) in [4.78, 5) is 12.5. The van der Waals surface area contributed by atoms with Crippen LogP contribution < -0.4 is 5.32 Å². The Hall–Kier alpha value is -1.43. The molecular weight excluding hydrogens is 835 g/mol. The first kappa shape index (κ1) is 66.6. The molecule has 1 amide bonds. The minimum absolute atomic E-state index is 0.00587. The normalized spacial score (nSPS) is 13.4. The van der Waals surface area contributed by atoms with Gasteiger partial charge < -0.3 is 20.6 Å². The predicted molar refractivity (Wildman–Crippen MR) is 301 cm³/mol. The molecule has 4 N–H and O–H groups in total. The molecule has 3 atom stereocenters. The van der Waals surface area contributed by atoms with Crippen LogP contribution in [0.15, 0.2) is 36.5 Å². The Labute approximate surface area is 425 Å². The molecule has 0 aliphatic heterocycles. The quantitative estimate of drug-likeness (QED) is 0.0361. The molecule has 5 heteroatoms. The Morgan fingerprint density at radius 3 is 0.941 bits per heavy atom. The number of hydrogen-bond acceptors (Lipinski definition) is 4. The van der Waals surface area contributed by atoms with E-state index in [1.54, 1.807) is 6.08 Å². The van der Waals surface area contributed by atoms with Crippen LogP contribution in [0.25, 0.3) is 0 Å². The van der Waals surface area contributed by atoms with Gasteiger partial charge in [0.05, 0.1) is 31.3 Å². The number of allylic oxidation sites excluding steroid dienone is 5. The monoisotopic (exact) mass is 956 g/mol. The molecule has 0 aromatic heterocycles. The van der Waals surface area contributed by atoms with Gasteiger partial charge in [-0.2, -0.15) is 0 Å². The highest BCUT2D eigenvalue weighted by atomic mass is 16.3. The van der Waals surface area contributed by atoms with E-state index in [-0.39, 0.29) is 18.9 Å². The van der Waals surface area contributed by atoms with Crippen LogP contribution in [0, 0.1) is 0 Å². The second kappa shape index (κ2) is 58.1. The molecule has 402 valence electrons. The molecule has 3 unspecified atom stereocenters. The zero-order valence-corrected chi connectivity index (χ0v) is 46.0. The van der Waals surface area contributed by atoms with Gasteiger partial charge in [-0.25, -0.2) is 0 Å². The van der Waals surface area contributed by atoms with E-state index >= 15 is 0 Å². The molecule has 0 aliphatic rings. The average Bonchev–Trinajstić information content (AvgIpc) is 3.33. The highest BCUT2D eigenvalue weighted by Gasteiger charge is 2.20. The molecule has 0 fully saturated rings. The third-order valence-corrected chi connectivity index (χ3v) is 14.4. The molecule has 0 aromatic rings.